The second-order valence-corrected chi connectivity index (χ2v) is 6.54. The van der Waals surface area contributed by atoms with Gasteiger partial charge in [-0.15, -0.1) is 0 Å². The maximum absolute atomic E-state index is 11.9. The Kier molecular flexibility index (Phi) is 4.62. The Balaban J connectivity index is 1.53. The van der Waals surface area contributed by atoms with E-state index >= 15 is 0 Å². The number of carbonyl (C=O) groups excluding carboxylic acids is 1. The molecule has 5 heteroatoms. The molecule has 128 valence electrons. The number of ether oxygens (including phenoxy) is 3. The minimum Gasteiger partial charge on any atom is -0.483 e. The van der Waals surface area contributed by atoms with Crippen LogP contribution in [0.4, 0.5) is 0 Å². The second kappa shape index (κ2) is 6.86. The number of benzene rings is 2. The van der Waals surface area contributed by atoms with E-state index in [2.05, 4.69) is 0 Å². The van der Waals surface area contributed by atoms with Crippen LogP contribution in [0.5, 0.6) is 11.5 Å². The van der Waals surface area contributed by atoms with E-state index in [1.165, 1.54) is 0 Å². The summed E-state index contributed by atoms with van der Waals surface area (Å²) in [5.74, 6) is 0.796. The van der Waals surface area contributed by atoms with E-state index in [1.807, 2.05) is 32.0 Å². The van der Waals surface area contributed by atoms with Crippen molar-refractivity contribution in [3.05, 3.63) is 59.2 Å². The highest BCUT2D eigenvalue weighted by Crippen LogP contribution is 2.41. The van der Waals surface area contributed by atoms with Crippen LogP contribution < -0.4 is 9.47 Å². The highest BCUT2D eigenvalue weighted by Gasteiger charge is 2.32. The van der Waals surface area contributed by atoms with Gasteiger partial charge in [-0.05, 0) is 37.6 Å². The van der Waals surface area contributed by atoms with Gasteiger partial charge in [0, 0.05) is 12.0 Å². The van der Waals surface area contributed by atoms with Gasteiger partial charge in [0.05, 0.1) is 11.6 Å². The first kappa shape index (κ1) is 16.8. The Hall–Kier alpha value is -3.00. The van der Waals surface area contributed by atoms with Crippen molar-refractivity contribution in [2.24, 2.45) is 0 Å². The molecule has 0 saturated heterocycles. The number of nitriles is 1. The third-order valence-electron chi connectivity index (χ3n) is 3.88. The van der Waals surface area contributed by atoms with Gasteiger partial charge in [0.2, 0.25) is 0 Å². The zero-order chi connectivity index (χ0) is 17.9. The number of fused-ring (bicyclic) bond motifs is 1. The molecule has 0 amide bonds. The maximum Gasteiger partial charge on any atom is 0.344 e. The summed E-state index contributed by atoms with van der Waals surface area (Å²) in [6.45, 7) is 3.99. The fraction of sp³-hybridized carbons (Fsp3) is 0.300. The average molecular weight is 337 g/mol. The normalized spacial score (nSPS) is 14.1. The lowest BCUT2D eigenvalue weighted by atomic mass is 10.0. The van der Waals surface area contributed by atoms with Crippen molar-refractivity contribution in [1.29, 1.82) is 5.26 Å². The first-order valence-corrected chi connectivity index (χ1v) is 8.05. The zero-order valence-corrected chi connectivity index (χ0v) is 14.2. The van der Waals surface area contributed by atoms with Crippen LogP contribution in [0, 0.1) is 11.3 Å². The van der Waals surface area contributed by atoms with Gasteiger partial charge >= 0.3 is 5.97 Å². The largest absolute Gasteiger partial charge is 0.483 e. The Morgan fingerprint density at radius 1 is 1.24 bits per heavy atom. The molecular weight excluding hydrogens is 318 g/mol. The molecule has 1 aliphatic rings. The molecule has 0 unspecified atom stereocenters. The molecule has 1 heterocycles. The van der Waals surface area contributed by atoms with Gasteiger partial charge in [0.25, 0.3) is 0 Å². The summed E-state index contributed by atoms with van der Waals surface area (Å²) >= 11 is 0. The third kappa shape index (κ3) is 4.10. The second-order valence-electron chi connectivity index (χ2n) is 6.54. The first-order valence-electron chi connectivity index (χ1n) is 8.05. The van der Waals surface area contributed by atoms with Crippen molar-refractivity contribution < 1.29 is 19.0 Å². The highest BCUT2D eigenvalue weighted by molar-refractivity contribution is 5.71. The van der Waals surface area contributed by atoms with Crippen LogP contribution in [-0.2, 0) is 22.6 Å². The molecule has 3 rings (SSSR count). The molecule has 0 saturated carbocycles. The summed E-state index contributed by atoms with van der Waals surface area (Å²) in [4.78, 5) is 11.9. The molecule has 2 aromatic carbocycles. The lowest BCUT2D eigenvalue weighted by Gasteiger charge is -2.18. The Morgan fingerprint density at radius 2 is 2.00 bits per heavy atom. The van der Waals surface area contributed by atoms with Gasteiger partial charge in [-0.1, -0.05) is 24.3 Å². The van der Waals surface area contributed by atoms with E-state index in [0.29, 0.717) is 17.1 Å². The molecule has 0 atom stereocenters. The Labute approximate surface area is 146 Å². The predicted molar refractivity (Wildman–Crippen MR) is 91.3 cm³/mol. The minimum absolute atomic E-state index is 0.143. The first-order chi connectivity index (χ1) is 12.0. The van der Waals surface area contributed by atoms with Crippen molar-refractivity contribution in [2.75, 3.05) is 6.61 Å². The van der Waals surface area contributed by atoms with Gasteiger partial charge in [0.1, 0.15) is 12.2 Å². The number of hydrogen-bond acceptors (Lipinski definition) is 5. The van der Waals surface area contributed by atoms with Crippen LogP contribution in [0.15, 0.2) is 42.5 Å². The topological polar surface area (TPSA) is 68.5 Å². The van der Waals surface area contributed by atoms with Gasteiger partial charge in [0.15, 0.2) is 18.1 Å². The molecule has 0 fully saturated rings. The quantitative estimate of drug-likeness (QED) is 0.782. The number of carbonyl (C=O) groups is 1. The van der Waals surface area contributed by atoms with Crippen LogP contribution in [0.25, 0.3) is 0 Å². The van der Waals surface area contributed by atoms with Gasteiger partial charge in [-0.2, -0.15) is 5.26 Å². The smallest absolute Gasteiger partial charge is 0.344 e. The fourth-order valence-corrected chi connectivity index (χ4v) is 2.72. The summed E-state index contributed by atoms with van der Waals surface area (Å²) < 4.78 is 16.7. The number of hydrogen-bond donors (Lipinski definition) is 0. The van der Waals surface area contributed by atoms with Crippen molar-refractivity contribution in [3.63, 3.8) is 0 Å². The lowest BCUT2D eigenvalue weighted by molar-refractivity contribution is -0.147. The molecular formula is C20H19NO4. The van der Waals surface area contributed by atoms with Crippen LogP contribution in [0.2, 0.25) is 0 Å². The summed E-state index contributed by atoms with van der Waals surface area (Å²) in [6, 6.07) is 14.6. The monoisotopic (exact) mass is 337 g/mol. The van der Waals surface area contributed by atoms with Crippen molar-refractivity contribution in [1.82, 2.24) is 0 Å². The number of esters is 1. The number of nitrogens with zero attached hydrogens (tertiary/aromatic N) is 1. The van der Waals surface area contributed by atoms with E-state index in [-0.39, 0.29) is 18.8 Å². The molecule has 0 aromatic heterocycles. The standard InChI is InChI=1S/C20H19NO4/c1-20(2)10-16-4-3-5-17(19(16)25-20)23-13-18(22)24-12-15-8-6-14(11-21)7-9-15/h3-9H,10,12-13H2,1-2H3. The molecule has 1 aliphatic heterocycles. The van der Waals surface area contributed by atoms with E-state index < -0.39 is 5.97 Å². The van der Waals surface area contributed by atoms with Crippen LogP contribution in [-0.4, -0.2) is 18.2 Å². The highest BCUT2D eigenvalue weighted by atomic mass is 16.6. The summed E-state index contributed by atoms with van der Waals surface area (Å²) in [7, 11) is 0. The molecule has 25 heavy (non-hydrogen) atoms. The van der Waals surface area contributed by atoms with Crippen LogP contribution in [0.3, 0.4) is 0 Å². The minimum atomic E-state index is -0.459. The van der Waals surface area contributed by atoms with Gasteiger partial charge in [-0.3, -0.25) is 0 Å². The fourth-order valence-electron chi connectivity index (χ4n) is 2.72. The zero-order valence-electron chi connectivity index (χ0n) is 14.2. The molecule has 0 aliphatic carbocycles. The van der Waals surface area contributed by atoms with Gasteiger partial charge < -0.3 is 14.2 Å². The predicted octanol–water partition coefficient (Wildman–Crippen LogP) is 3.39. The molecule has 0 bridgehead atoms. The SMILES string of the molecule is CC1(C)Cc2cccc(OCC(=O)OCc3ccc(C#N)cc3)c2O1. The summed E-state index contributed by atoms with van der Waals surface area (Å²) in [5, 5.41) is 8.76. The van der Waals surface area contributed by atoms with Crippen molar-refractivity contribution >= 4 is 5.97 Å². The molecule has 0 radical (unpaired) electrons. The Morgan fingerprint density at radius 3 is 2.72 bits per heavy atom. The maximum atomic E-state index is 11.9. The number of para-hydroxylation sites is 1. The molecule has 0 N–H and O–H groups in total. The van der Waals surface area contributed by atoms with E-state index in [0.717, 1.165) is 17.5 Å². The van der Waals surface area contributed by atoms with E-state index in [4.69, 9.17) is 19.5 Å². The van der Waals surface area contributed by atoms with Crippen molar-refractivity contribution in [3.8, 4) is 17.6 Å². The number of rotatable bonds is 5. The van der Waals surface area contributed by atoms with E-state index in [1.54, 1.807) is 30.3 Å². The molecule has 0 spiro atoms. The Bertz CT molecular complexity index is 819. The molecule has 2 aromatic rings. The summed E-state index contributed by atoms with van der Waals surface area (Å²) in [6.07, 6.45) is 0.808. The summed E-state index contributed by atoms with van der Waals surface area (Å²) in [5.41, 5.74) is 2.20. The van der Waals surface area contributed by atoms with Crippen molar-refractivity contribution in [2.45, 2.75) is 32.5 Å². The average Bonchev–Trinajstić information content (AvgIpc) is 2.93. The van der Waals surface area contributed by atoms with E-state index in [9.17, 15) is 4.79 Å². The van der Waals surface area contributed by atoms with Crippen LogP contribution in [0.1, 0.15) is 30.5 Å². The lowest BCUT2D eigenvalue weighted by Crippen LogP contribution is -2.24. The van der Waals surface area contributed by atoms with Gasteiger partial charge in [-0.25, -0.2) is 4.79 Å². The third-order valence-corrected chi connectivity index (χ3v) is 3.88. The molecule has 5 nitrogen and oxygen atoms in total. The van der Waals surface area contributed by atoms with Crippen LogP contribution >= 0.6 is 0 Å².